The van der Waals surface area contributed by atoms with Crippen molar-refractivity contribution in [1.29, 1.82) is 0 Å². The van der Waals surface area contributed by atoms with Crippen molar-refractivity contribution in [3.8, 4) is 11.6 Å². The maximum absolute atomic E-state index is 13.7. The van der Waals surface area contributed by atoms with Crippen LogP contribution in [0.5, 0.6) is 11.6 Å². The van der Waals surface area contributed by atoms with Crippen LogP contribution < -0.4 is 9.47 Å². The highest BCUT2D eigenvalue weighted by Gasteiger charge is 2.37. The molecule has 1 aromatic carbocycles. The van der Waals surface area contributed by atoms with E-state index < -0.39 is 17.8 Å². The van der Waals surface area contributed by atoms with E-state index in [2.05, 4.69) is 14.9 Å². The number of ether oxygens (including phenoxy) is 3. The smallest absolute Gasteiger partial charge is 0.416 e. The summed E-state index contributed by atoms with van der Waals surface area (Å²) >= 11 is 6.53. The molecule has 0 saturated carbocycles. The Balaban J connectivity index is 1.26. The van der Waals surface area contributed by atoms with Crippen LogP contribution in [0.3, 0.4) is 0 Å². The molecule has 2 aliphatic heterocycles. The number of carbonyl (C=O) groups excluding carboxylic acids is 1. The van der Waals surface area contributed by atoms with Gasteiger partial charge in [0.2, 0.25) is 5.88 Å². The summed E-state index contributed by atoms with van der Waals surface area (Å²) in [5.74, 6) is 0.457. The van der Waals surface area contributed by atoms with E-state index in [0.717, 1.165) is 37.3 Å². The Bertz CT molecular complexity index is 1620. The van der Waals surface area contributed by atoms with E-state index in [1.165, 1.54) is 13.3 Å². The van der Waals surface area contributed by atoms with Gasteiger partial charge in [-0.05, 0) is 41.5 Å². The molecule has 0 radical (unpaired) electrons. The first-order valence-electron chi connectivity index (χ1n) is 13.8. The van der Waals surface area contributed by atoms with E-state index in [1.54, 1.807) is 33.7 Å². The molecule has 1 saturated heterocycles. The first-order chi connectivity index (χ1) is 20.7. The molecule has 1 atom stereocenters. The van der Waals surface area contributed by atoms with Crippen LogP contribution in [0, 0.1) is 0 Å². The summed E-state index contributed by atoms with van der Waals surface area (Å²) in [6.07, 6.45) is -1.21. The largest absolute Gasteiger partial charge is 0.482 e. The maximum Gasteiger partial charge on any atom is 0.416 e. The molecule has 0 aliphatic carbocycles. The van der Waals surface area contributed by atoms with E-state index in [-0.39, 0.29) is 24.7 Å². The summed E-state index contributed by atoms with van der Waals surface area (Å²) in [6, 6.07) is 10.3. The summed E-state index contributed by atoms with van der Waals surface area (Å²) in [5.41, 5.74) is 2.26. The third-order valence-electron chi connectivity index (χ3n) is 7.69. The summed E-state index contributed by atoms with van der Waals surface area (Å²) in [4.78, 5) is 26.4. The number of fused-ring (bicyclic) bond motifs is 3. The molecule has 4 aromatic rings. The number of nitrogens with zero attached hydrogens (tertiary/aromatic N) is 5. The lowest BCUT2D eigenvalue weighted by molar-refractivity contribution is -0.137. The van der Waals surface area contributed by atoms with Crippen molar-refractivity contribution in [3.63, 3.8) is 0 Å². The molecule has 0 spiro atoms. The minimum absolute atomic E-state index is 0.154. The van der Waals surface area contributed by atoms with Crippen LogP contribution >= 0.6 is 11.6 Å². The summed E-state index contributed by atoms with van der Waals surface area (Å²) in [5, 5.41) is 0.401. The van der Waals surface area contributed by atoms with Crippen molar-refractivity contribution in [2.75, 3.05) is 46.6 Å². The van der Waals surface area contributed by atoms with Gasteiger partial charge in [-0.3, -0.25) is 9.69 Å². The Morgan fingerprint density at radius 3 is 2.63 bits per heavy atom. The van der Waals surface area contributed by atoms with Crippen molar-refractivity contribution >= 4 is 23.2 Å². The normalized spacial score (nSPS) is 17.6. The molecule has 3 aromatic heterocycles. The number of hydrogen-bond acceptors (Lipinski definition) is 7. The van der Waals surface area contributed by atoms with Crippen LogP contribution in [0.2, 0.25) is 5.02 Å². The molecular formula is C30H29ClF3N5O4. The number of carbonyl (C=O) groups is 1. The molecule has 0 bridgehead atoms. The van der Waals surface area contributed by atoms with Gasteiger partial charge in [-0.15, -0.1) is 0 Å². The zero-order valence-electron chi connectivity index (χ0n) is 23.3. The Morgan fingerprint density at radius 1 is 1.12 bits per heavy atom. The van der Waals surface area contributed by atoms with Gasteiger partial charge in [0.1, 0.15) is 17.4 Å². The van der Waals surface area contributed by atoms with Crippen LogP contribution in [-0.2, 0) is 28.7 Å². The number of alkyl halides is 3. The molecule has 6 rings (SSSR count). The molecule has 2 aliphatic rings. The highest BCUT2D eigenvalue weighted by atomic mass is 35.5. The molecule has 1 unspecified atom stereocenters. The third-order valence-corrected chi connectivity index (χ3v) is 7.98. The number of morpholine rings is 1. The van der Waals surface area contributed by atoms with Gasteiger partial charge in [0.05, 0.1) is 42.3 Å². The van der Waals surface area contributed by atoms with Crippen molar-refractivity contribution in [2.45, 2.75) is 25.2 Å². The van der Waals surface area contributed by atoms with Gasteiger partial charge in [-0.2, -0.15) is 13.2 Å². The van der Waals surface area contributed by atoms with Gasteiger partial charge in [-0.1, -0.05) is 17.7 Å². The molecular weight excluding hydrogens is 587 g/mol. The molecule has 9 nitrogen and oxygen atoms in total. The van der Waals surface area contributed by atoms with Crippen molar-refractivity contribution in [3.05, 3.63) is 88.0 Å². The molecule has 43 heavy (non-hydrogen) atoms. The summed E-state index contributed by atoms with van der Waals surface area (Å²) < 4.78 is 58.4. The second-order valence-electron chi connectivity index (χ2n) is 10.4. The van der Waals surface area contributed by atoms with Gasteiger partial charge < -0.3 is 23.5 Å². The Labute approximate surface area is 250 Å². The van der Waals surface area contributed by atoms with Gasteiger partial charge in [0, 0.05) is 51.1 Å². The topological polar surface area (TPSA) is 81.4 Å². The van der Waals surface area contributed by atoms with Gasteiger partial charge in [0.15, 0.2) is 6.61 Å². The quantitative estimate of drug-likeness (QED) is 0.296. The number of imidazole rings is 1. The Morgan fingerprint density at radius 2 is 1.93 bits per heavy atom. The summed E-state index contributed by atoms with van der Waals surface area (Å²) in [7, 11) is 1.50. The predicted molar refractivity (Wildman–Crippen MR) is 151 cm³/mol. The fourth-order valence-corrected chi connectivity index (χ4v) is 5.80. The Hall–Kier alpha value is -3.87. The maximum atomic E-state index is 13.7. The van der Waals surface area contributed by atoms with E-state index in [1.807, 2.05) is 12.1 Å². The van der Waals surface area contributed by atoms with Gasteiger partial charge in [-0.25, -0.2) is 9.97 Å². The molecule has 5 heterocycles. The van der Waals surface area contributed by atoms with Gasteiger partial charge in [0.25, 0.3) is 5.91 Å². The van der Waals surface area contributed by atoms with E-state index in [0.29, 0.717) is 53.2 Å². The highest BCUT2D eigenvalue weighted by molar-refractivity contribution is 6.32. The highest BCUT2D eigenvalue weighted by Crippen LogP contribution is 2.38. The lowest BCUT2D eigenvalue weighted by Crippen LogP contribution is -2.43. The van der Waals surface area contributed by atoms with Crippen LogP contribution in [0.4, 0.5) is 13.2 Å². The van der Waals surface area contributed by atoms with Gasteiger partial charge >= 0.3 is 6.18 Å². The predicted octanol–water partition coefficient (Wildman–Crippen LogP) is 4.80. The number of aromatic nitrogens is 3. The number of amides is 1. The van der Waals surface area contributed by atoms with Crippen LogP contribution in [0.1, 0.15) is 34.1 Å². The fraction of sp³-hybridized carbons (Fsp3) is 0.367. The lowest BCUT2D eigenvalue weighted by Gasteiger charge is -2.35. The zero-order valence-corrected chi connectivity index (χ0v) is 24.1. The Kier molecular flexibility index (Phi) is 8.17. The number of methoxy groups -OCH3 is 1. The van der Waals surface area contributed by atoms with E-state index >= 15 is 0 Å². The standard InChI is InChI=1S/C30H29ClF3N5O4/c1-41-26-5-3-20(16-35-26)28-29-23(36-25-15-21(30(32,33)34)6-8-38(25)29)7-9-39(28)27(40)18-43-24-4-2-19(14-22(24)31)17-37-10-12-42-13-11-37/h2-6,8,14-16,28H,7,9-13,17-18H2,1H3. The molecule has 13 heteroatoms. The molecule has 226 valence electrons. The molecule has 1 amide bonds. The summed E-state index contributed by atoms with van der Waals surface area (Å²) in [6.45, 7) is 3.84. The fourth-order valence-electron chi connectivity index (χ4n) is 5.55. The van der Waals surface area contributed by atoms with Crippen molar-refractivity contribution < 1.29 is 32.2 Å². The number of halogens is 4. The second kappa shape index (κ2) is 12.0. The van der Waals surface area contributed by atoms with Crippen molar-refractivity contribution in [2.24, 2.45) is 0 Å². The first kappa shape index (κ1) is 29.2. The lowest BCUT2D eigenvalue weighted by atomic mass is 9.96. The van der Waals surface area contributed by atoms with Crippen molar-refractivity contribution in [1.82, 2.24) is 24.2 Å². The number of hydrogen-bond donors (Lipinski definition) is 0. The monoisotopic (exact) mass is 615 g/mol. The number of rotatable bonds is 7. The number of benzene rings is 1. The van der Waals surface area contributed by atoms with Crippen LogP contribution in [0.15, 0.2) is 54.9 Å². The first-order valence-corrected chi connectivity index (χ1v) is 14.2. The number of pyridine rings is 2. The van der Waals surface area contributed by atoms with E-state index in [9.17, 15) is 18.0 Å². The molecule has 1 fully saturated rings. The molecule has 0 N–H and O–H groups in total. The SMILES string of the molecule is COc1ccc(C2c3c(nc4cc(C(F)(F)F)ccn34)CCN2C(=O)COc2ccc(CN3CCOCC3)cc2Cl)cn1. The second-order valence-corrected chi connectivity index (χ2v) is 10.8. The minimum atomic E-state index is -4.51. The van der Waals surface area contributed by atoms with Crippen LogP contribution in [0.25, 0.3) is 5.65 Å². The zero-order chi connectivity index (χ0) is 30.1. The van der Waals surface area contributed by atoms with Crippen LogP contribution in [-0.4, -0.2) is 76.6 Å². The average Bonchev–Trinajstić information content (AvgIpc) is 3.38. The van der Waals surface area contributed by atoms with E-state index in [4.69, 9.17) is 25.8 Å². The minimum Gasteiger partial charge on any atom is -0.482 e. The third kappa shape index (κ3) is 6.13. The average molecular weight is 616 g/mol.